The van der Waals surface area contributed by atoms with E-state index in [1.54, 1.807) is 4.57 Å². The topological polar surface area (TPSA) is 64.8 Å². The molecule has 0 atom stereocenters. The summed E-state index contributed by atoms with van der Waals surface area (Å²) in [5.74, 6) is 0.762. The molecular weight excluding hydrogens is 310 g/mol. The fourth-order valence-electron chi connectivity index (χ4n) is 2.32. The van der Waals surface area contributed by atoms with Crippen LogP contribution in [0.1, 0.15) is 25.0 Å². The van der Waals surface area contributed by atoms with Crippen molar-refractivity contribution in [2.24, 2.45) is 5.92 Å². The van der Waals surface area contributed by atoms with E-state index < -0.39 is 9.05 Å². The molecule has 0 unspecified atom stereocenters. The van der Waals surface area contributed by atoms with E-state index in [0.29, 0.717) is 12.4 Å². The largest absolute Gasteiger partial charge is 0.297 e. The van der Waals surface area contributed by atoms with Gasteiger partial charge in [-0.25, -0.2) is 8.42 Å². The van der Waals surface area contributed by atoms with Crippen molar-refractivity contribution in [3.63, 3.8) is 0 Å². The molecule has 0 N–H and O–H groups in total. The number of hydrogen-bond acceptors (Lipinski definition) is 4. The third kappa shape index (κ3) is 3.63. The van der Waals surface area contributed by atoms with Gasteiger partial charge < -0.3 is 0 Å². The first-order valence-electron chi connectivity index (χ1n) is 6.65. The molecule has 2 rings (SSSR count). The summed E-state index contributed by atoms with van der Waals surface area (Å²) in [6.07, 6.45) is 0. The summed E-state index contributed by atoms with van der Waals surface area (Å²) in [4.78, 5) is 0. The number of benzene rings is 1. The predicted octanol–water partition coefficient (Wildman–Crippen LogP) is 3.15. The molecule has 0 fully saturated rings. The molecule has 1 heterocycles. The maximum atomic E-state index is 11.7. The van der Waals surface area contributed by atoms with Gasteiger partial charge in [0, 0.05) is 22.8 Å². The Hall–Kier alpha value is -1.40. The van der Waals surface area contributed by atoms with Crippen LogP contribution in [0.4, 0.5) is 0 Å². The van der Waals surface area contributed by atoms with Crippen LogP contribution in [0, 0.1) is 19.8 Å². The zero-order valence-corrected chi connectivity index (χ0v) is 14.0. The molecule has 0 radical (unpaired) electrons. The Morgan fingerprint density at radius 2 is 1.71 bits per heavy atom. The van der Waals surface area contributed by atoms with Gasteiger partial charge in [-0.15, -0.1) is 10.2 Å². The first-order valence-corrected chi connectivity index (χ1v) is 8.96. The molecule has 1 aromatic heterocycles. The summed E-state index contributed by atoms with van der Waals surface area (Å²) < 4.78 is 24.9. The Kier molecular flexibility index (Phi) is 4.39. The Labute approximate surface area is 129 Å². The highest BCUT2D eigenvalue weighted by molar-refractivity contribution is 8.13. The van der Waals surface area contributed by atoms with Crippen molar-refractivity contribution in [3.8, 4) is 11.4 Å². The maximum absolute atomic E-state index is 11.7. The minimum absolute atomic E-state index is 0.202. The highest BCUT2D eigenvalue weighted by Gasteiger charge is 2.24. The van der Waals surface area contributed by atoms with Crippen LogP contribution >= 0.6 is 10.7 Å². The highest BCUT2D eigenvalue weighted by atomic mass is 35.7. The zero-order valence-electron chi connectivity index (χ0n) is 12.5. The molecule has 1 aromatic carbocycles. The lowest BCUT2D eigenvalue weighted by Crippen LogP contribution is -2.12. The van der Waals surface area contributed by atoms with E-state index in [0.717, 1.165) is 16.7 Å². The summed E-state index contributed by atoms with van der Waals surface area (Å²) in [5.41, 5.74) is 3.01. The van der Waals surface area contributed by atoms with Crippen molar-refractivity contribution < 1.29 is 8.42 Å². The molecule has 0 saturated carbocycles. The quantitative estimate of drug-likeness (QED) is 0.809. The van der Waals surface area contributed by atoms with Crippen LogP contribution in [0.15, 0.2) is 23.4 Å². The van der Waals surface area contributed by atoms with Gasteiger partial charge in [-0.3, -0.25) is 4.57 Å². The van der Waals surface area contributed by atoms with E-state index in [9.17, 15) is 8.42 Å². The third-order valence-electron chi connectivity index (χ3n) is 2.96. The van der Waals surface area contributed by atoms with Gasteiger partial charge >= 0.3 is 0 Å². The van der Waals surface area contributed by atoms with Crippen molar-refractivity contribution in [2.75, 3.05) is 0 Å². The number of halogens is 1. The van der Waals surface area contributed by atoms with Crippen molar-refractivity contribution in [3.05, 3.63) is 29.3 Å². The van der Waals surface area contributed by atoms with Crippen molar-refractivity contribution in [1.29, 1.82) is 0 Å². The minimum Gasteiger partial charge on any atom is -0.297 e. The molecule has 0 amide bonds. The van der Waals surface area contributed by atoms with Crippen LogP contribution in [0.25, 0.3) is 11.4 Å². The molecule has 0 saturated heterocycles. The maximum Gasteiger partial charge on any atom is 0.296 e. The highest BCUT2D eigenvalue weighted by Crippen LogP contribution is 2.25. The van der Waals surface area contributed by atoms with E-state index >= 15 is 0 Å². The van der Waals surface area contributed by atoms with Gasteiger partial charge in [-0.05, 0) is 31.9 Å². The number of nitrogens with zero attached hydrogens (tertiary/aromatic N) is 3. The summed E-state index contributed by atoms with van der Waals surface area (Å²) in [7, 11) is 1.53. The lowest BCUT2D eigenvalue weighted by atomic mass is 10.1. The number of rotatable bonds is 4. The van der Waals surface area contributed by atoms with Crippen LogP contribution in [0.2, 0.25) is 0 Å². The molecule has 0 spiro atoms. The minimum atomic E-state index is -3.92. The molecule has 5 nitrogen and oxygen atoms in total. The number of aryl methyl sites for hydroxylation is 2. The molecule has 0 bridgehead atoms. The fraction of sp³-hybridized carbons (Fsp3) is 0.429. The average molecular weight is 328 g/mol. The lowest BCUT2D eigenvalue weighted by molar-refractivity contribution is 0.488. The van der Waals surface area contributed by atoms with Crippen LogP contribution in [-0.2, 0) is 15.6 Å². The van der Waals surface area contributed by atoms with Crippen LogP contribution in [-0.4, -0.2) is 23.2 Å². The van der Waals surface area contributed by atoms with Gasteiger partial charge in [0.2, 0.25) is 0 Å². The van der Waals surface area contributed by atoms with E-state index in [-0.39, 0.29) is 11.1 Å². The summed E-state index contributed by atoms with van der Waals surface area (Å²) >= 11 is 0. The molecule has 7 heteroatoms. The van der Waals surface area contributed by atoms with Gasteiger partial charge in [0.1, 0.15) is 0 Å². The average Bonchev–Trinajstić information content (AvgIpc) is 2.69. The predicted molar refractivity (Wildman–Crippen MR) is 82.8 cm³/mol. The van der Waals surface area contributed by atoms with Crippen molar-refractivity contribution in [2.45, 2.75) is 39.4 Å². The van der Waals surface area contributed by atoms with Crippen LogP contribution in [0.3, 0.4) is 0 Å². The molecular formula is C14H18ClN3O2S. The first-order chi connectivity index (χ1) is 9.68. The molecule has 0 aliphatic rings. The van der Waals surface area contributed by atoms with Gasteiger partial charge in [0.05, 0.1) is 0 Å². The van der Waals surface area contributed by atoms with E-state index in [2.05, 4.69) is 10.2 Å². The van der Waals surface area contributed by atoms with E-state index in [1.165, 1.54) is 0 Å². The second-order valence-corrected chi connectivity index (χ2v) is 8.08. The molecule has 0 aliphatic heterocycles. The summed E-state index contributed by atoms with van der Waals surface area (Å²) in [6, 6.07) is 5.96. The molecule has 0 aliphatic carbocycles. The monoisotopic (exact) mass is 327 g/mol. The Bertz CT molecular complexity index is 746. The van der Waals surface area contributed by atoms with Crippen molar-refractivity contribution >= 4 is 19.7 Å². The summed E-state index contributed by atoms with van der Waals surface area (Å²) in [5, 5.41) is 7.60. The second-order valence-electron chi connectivity index (χ2n) is 5.62. The zero-order chi connectivity index (χ0) is 15.8. The Balaban J connectivity index is 2.66. The first kappa shape index (κ1) is 16.0. The Morgan fingerprint density at radius 1 is 1.14 bits per heavy atom. The number of aromatic nitrogens is 3. The standard InChI is InChI=1S/C14H18ClN3O2S/c1-9(2)8-18-13(16-17-14(18)21(15,19)20)12-6-10(3)5-11(4)7-12/h5-7,9H,8H2,1-4H3. The SMILES string of the molecule is Cc1cc(C)cc(-c2nnc(S(=O)(=O)Cl)n2CC(C)C)c1. The van der Waals surface area contributed by atoms with Gasteiger partial charge in [0.15, 0.2) is 5.82 Å². The van der Waals surface area contributed by atoms with Gasteiger partial charge in [0.25, 0.3) is 14.2 Å². The van der Waals surface area contributed by atoms with E-state index in [1.807, 2.05) is 45.9 Å². The van der Waals surface area contributed by atoms with Gasteiger partial charge in [-0.2, -0.15) is 0 Å². The third-order valence-corrected chi connectivity index (χ3v) is 4.11. The smallest absolute Gasteiger partial charge is 0.296 e. The van der Waals surface area contributed by atoms with Crippen LogP contribution < -0.4 is 0 Å². The van der Waals surface area contributed by atoms with E-state index in [4.69, 9.17) is 10.7 Å². The number of hydrogen-bond donors (Lipinski definition) is 0. The van der Waals surface area contributed by atoms with Gasteiger partial charge in [-0.1, -0.05) is 31.0 Å². The lowest BCUT2D eigenvalue weighted by Gasteiger charge is -2.12. The normalized spacial score (nSPS) is 12.1. The summed E-state index contributed by atoms with van der Waals surface area (Å²) in [6.45, 7) is 8.44. The molecule has 2 aromatic rings. The second kappa shape index (κ2) is 5.77. The fourth-order valence-corrected chi connectivity index (χ4v) is 3.22. The van der Waals surface area contributed by atoms with Crippen molar-refractivity contribution in [1.82, 2.24) is 14.8 Å². The molecule has 21 heavy (non-hydrogen) atoms. The Morgan fingerprint density at radius 3 is 2.19 bits per heavy atom. The molecule has 114 valence electrons. The van der Waals surface area contributed by atoms with Crippen LogP contribution in [0.5, 0.6) is 0 Å².